The van der Waals surface area contributed by atoms with Gasteiger partial charge in [-0.05, 0) is 41.8 Å². The largest absolute Gasteiger partial charge is 0.379 e. The second-order valence-corrected chi connectivity index (χ2v) is 5.05. The molecule has 0 bridgehead atoms. The lowest BCUT2D eigenvalue weighted by molar-refractivity contribution is 0.0540. The lowest BCUT2D eigenvalue weighted by atomic mass is 9.94. The number of pyridine rings is 1. The minimum Gasteiger partial charge on any atom is -0.379 e. The van der Waals surface area contributed by atoms with Crippen LogP contribution in [-0.4, -0.2) is 23.7 Å². The van der Waals surface area contributed by atoms with E-state index in [2.05, 4.69) is 33.2 Å². The topological polar surface area (TPSA) is 34.2 Å². The number of nitrogens with zero attached hydrogens (tertiary/aromatic N) is 1. The van der Waals surface area contributed by atoms with Crippen molar-refractivity contribution in [1.82, 2.24) is 4.98 Å². The highest BCUT2D eigenvalue weighted by atomic mass is 79.9. The van der Waals surface area contributed by atoms with Gasteiger partial charge in [-0.15, -0.1) is 0 Å². The van der Waals surface area contributed by atoms with Gasteiger partial charge in [0.2, 0.25) is 0 Å². The molecule has 1 aromatic rings. The predicted molar refractivity (Wildman–Crippen MR) is 64.0 cm³/mol. The van der Waals surface area contributed by atoms with Crippen LogP contribution in [0.2, 0.25) is 0 Å². The summed E-state index contributed by atoms with van der Waals surface area (Å²) < 4.78 is 6.50. The summed E-state index contributed by atoms with van der Waals surface area (Å²) >= 11 is 3.48. The Hall–Kier alpha value is -0.610. The van der Waals surface area contributed by atoms with Crippen LogP contribution in [0.3, 0.4) is 0 Å². The van der Waals surface area contributed by atoms with E-state index in [0.717, 1.165) is 36.2 Å². The summed E-state index contributed by atoms with van der Waals surface area (Å²) in [5.74, 6) is 0. The molecule has 0 spiro atoms. The first-order valence-electron chi connectivity index (χ1n) is 5.15. The van der Waals surface area contributed by atoms with Gasteiger partial charge >= 0.3 is 0 Å². The van der Waals surface area contributed by atoms with Crippen molar-refractivity contribution in [3.05, 3.63) is 22.9 Å². The van der Waals surface area contributed by atoms with Gasteiger partial charge in [0.1, 0.15) is 0 Å². The molecule has 0 amide bonds. The minimum atomic E-state index is 0.0438. The summed E-state index contributed by atoms with van der Waals surface area (Å²) in [6.07, 6.45) is 5.85. The van der Waals surface area contributed by atoms with Crippen LogP contribution in [0.25, 0.3) is 0 Å². The zero-order valence-electron chi connectivity index (χ0n) is 8.79. The van der Waals surface area contributed by atoms with Gasteiger partial charge in [0.15, 0.2) is 0 Å². The maximum absolute atomic E-state index is 5.50. The van der Waals surface area contributed by atoms with Crippen molar-refractivity contribution in [3.63, 3.8) is 0 Å². The van der Waals surface area contributed by atoms with E-state index >= 15 is 0 Å². The lowest BCUT2D eigenvalue weighted by Gasteiger charge is -2.35. The van der Waals surface area contributed by atoms with Crippen LogP contribution in [-0.2, 0) is 4.74 Å². The van der Waals surface area contributed by atoms with Gasteiger partial charge in [-0.2, -0.15) is 0 Å². The normalized spacial score (nSPS) is 26.3. The highest BCUT2D eigenvalue weighted by molar-refractivity contribution is 9.10. The SMILES string of the molecule is CC1(Nc2ccncc2Br)CCCOC1. The van der Waals surface area contributed by atoms with Gasteiger partial charge in [-0.25, -0.2) is 0 Å². The summed E-state index contributed by atoms with van der Waals surface area (Å²) in [5.41, 5.74) is 1.13. The summed E-state index contributed by atoms with van der Waals surface area (Å²) in [7, 11) is 0. The number of halogens is 1. The van der Waals surface area contributed by atoms with Crippen molar-refractivity contribution < 1.29 is 4.74 Å². The van der Waals surface area contributed by atoms with Crippen molar-refractivity contribution in [2.45, 2.75) is 25.3 Å². The fourth-order valence-electron chi connectivity index (χ4n) is 1.83. The standard InChI is InChI=1S/C11H15BrN2O/c1-11(4-2-6-15-8-11)14-10-3-5-13-7-9(10)12/h3,5,7H,2,4,6,8H2,1H3,(H,13,14). The molecule has 1 atom stereocenters. The van der Waals surface area contributed by atoms with E-state index in [1.807, 2.05) is 6.07 Å². The van der Waals surface area contributed by atoms with Crippen molar-refractivity contribution >= 4 is 21.6 Å². The fourth-order valence-corrected chi connectivity index (χ4v) is 2.18. The molecule has 82 valence electrons. The van der Waals surface area contributed by atoms with Gasteiger partial charge in [0.25, 0.3) is 0 Å². The molecule has 1 aliphatic heterocycles. The molecule has 0 aromatic carbocycles. The Kier molecular flexibility index (Phi) is 3.26. The summed E-state index contributed by atoms with van der Waals surface area (Å²) in [6.45, 7) is 3.84. The van der Waals surface area contributed by atoms with Crippen molar-refractivity contribution in [1.29, 1.82) is 0 Å². The van der Waals surface area contributed by atoms with Crippen LogP contribution in [0.4, 0.5) is 5.69 Å². The van der Waals surface area contributed by atoms with E-state index < -0.39 is 0 Å². The van der Waals surface area contributed by atoms with Crippen molar-refractivity contribution in [3.8, 4) is 0 Å². The van der Waals surface area contributed by atoms with Gasteiger partial charge in [0.05, 0.1) is 22.3 Å². The molecular formula is C11H15BrN2O. The van der Waals surface area contributed by atoms with E-state index in [4.69, 9.17) is 4.74 Å². The number of ether oxygens (including phenoxy) is 1. The molecule has 1 aliphatic rings. The van der Waals surface area contributed by atoms with Crippen LogP contribution in [0, 0.1) is 0 Å². The molecule has 2 heterocycles. The van der Waals surface area contributed by atoms with Crippen LogP contribution < -0.4 is 5.32 Å². The average molecular weight is 271 g/mol. The first-order chi connectivity index (χ1) is 7.20. The molecule has 0 saturated carbocycles. The van der Waals surface area contributed by atoms with E-state index in [1.165, 1.54) is 0 Å². The number of rotatable bonds is 2. The molecule has 1 N–H and O–H groups in total. The van der Waals surface area contributed by atoms with E-state index in [-0.39, 0.29) is 5.54 Å². The smallest absolute Gasteiger partial charge is 0.0693 e. The number of hydrogen-bond donors (Lipinski definition) is 1. The van der Waals surface area contributed by atoms with E-state index in [1.54, 1.807) is 12.4 Å². The van der Waals surface area contributed by atoms with E-state index in [0.29, 0.717) is 0 Å². The lowest BCUT2D eigenvalue weighted by Crippen LogP contribution is -2.43. The molecule has 3 nitrogen and oxygen atoms in total. The van der Waals surface area contributed by atoms with Gasteiger partial charge in [-0.1, -0.05) is 0 Å². The second-order valence-electron chi connectivity index (χ2n) is 4.20. The maximum Gasteiger partial charge on any atom is 0.0693 e. The first kappa shape index (κ1) is 10.9. The van der Waals surface area contributed by atoms with Gasteiger partial charge in [0, 0.05) is 19.0 Å². The Labute approximate surface area is 98.4 Å². The molecule has 2 rings (SSSR count). The average Bonchev–Trinajstić information content (AvgIpc) is 2.22. The molecule has 1 aromatic heterocycles. The molecular weight excluding hydrogens is 256 g/mol. The Morgan fingerprint density at radius 3 is 3.13 bits per heavy atom. The highest BCUT2D eigenvalue weighted by Gasteiger charge is 2.27. The monoisotopic (exact) mass is 270 g/mol. The van der Waals surface area contributed by atoms with Gasteiger partial charge < -0.3 is 10.1 Å². The first-order valence-corrected chi connectivity index (χ1v) is 5.94. The third kappa shape index (κ3) is 2.69. The van der Waals surface area contributed by atoms with Crippen LogP contribution in [0.15, 0.2) is 22.9 Å². The second kappa shape index (κ2) is 4.49. The highest BCUT2D eigenvalue weighted by Crippen LogP contribution is 2.28. The zero-order chi connectivity index (χ0) is 10.7. The third-order valence-corrected chi connectivity index (χ3v) is 3.28. The molecule has 4 heteroatoms. The van der Waals surface area contributed by atoms with Crippen LogP contribution in [0.5, 0.6) is 0 Å². The molecule has 15 heavy (non-hydrogen) atoms. The number of nitrogens with one attached hydrogen (secondary N) is 1. The molecule has 0 aliphatic carbocycles. The number of aromatic nitrogens is 1. The number of anilines is 1. The molecule has 1 unspecified atom stereocenters. The quantitative estimate of drug-likeness (QED) is 0.898. The Balaban J connectivity index is 2.10. The Morgan fingerprint density at radius 2 is 2.47 bits per heavy atom. The number of hydrogen-bond acceptors (Lipinski definition) is 3. The summed E-state index contributed by atoms with van der Waals surface area (Å²) in [5, 5.41) is 3.51. The molecule has 0 radical (unpaired) electrons. The van der Waals surface area contributed by atoms with Crippen molar-refractivity contribution in [2.75, 3.05) is 18.5 Å². The predicted octanol–water partition coefficient (Wildman–Crippen LogP) is 2.83. The summed E-state index contributed by atoms with van der Waals surface area (Å²) in [6, 6.07) is 1.98. The Morgan fingerprint density at radius 1 is 1.60 bits per heavy atom. The van der Waals surface area contributed by atoms with Crippen LogP contribution in [0.1, 0.15) is 19.8 Å². The van der Waals surface area contributed by atoms with Gasteiger partial charge in [-0.3, -0.25) is 4.98 Å². The maximum atomic E-state index is 5.50. The Bertz CT molecular complexity index is 337. The fraction of sp³-hybridized carbons (Fsp3) is 0.545. The molecule has 1 saturated heterocycles. The molecule has 1 fully saturated rings. The van der Waals surface area contributed by atoms with Crippen molar-refractivity contribution in [2.24, 2.45) is 0 Å². The zero-order valence-corrected chi connectivity index (χ0v) is 10.4. The van der Waals surface area contributed by atoms with E-state index in [9.17, 15) is 0 Å². The third-order valence-electron chi connectivity index (χ3n) is 2.65. The minimum absolute atomic E-state index is 0.0438. The van der Waals surface area contributed by atoms with Crippen LogP contribution >= 0.6 is 15.9 Å². The summed E-state index contributed by atoms with van der Waals surface area (Å²) in [4.78, 5) is 4.04.